The Bertz CT molecular complexity index is 1080. The molecule has 180 valence electrons. The lowest BCUT2D eigenvalue weighted by molar-refractivity contribution is -0.223. The molecular weight excluding hydrogens is 458 g/mol. The summed E-state index contributed by atoms with van der Waals surface area (Å²) in [7, 11) is 0. The van der Waals surface area contributed by atoms with E-state index in [0.717, 1.165) is 19.3 Å². The highest BCUT2D eigenvalue weighted by atomic mass is 19.4. The second-order valence-corrected chi connectivity index (χ2v) is 8.03. The van der Waals surface area contributed by atoms with Crippen molar-refractivity contribution in [3.63, 3.8) is 0 Å². The van der Waals surface area contributed by atoms with Gasteiger partial charge in [-0.25, -0.2) is 9.97 Å². The van der Waals surface area contributed by atoms with Gasteiger partial charge in [0.15, 0.2) is 5.66 Å². The van der Waals surface area contributed by atoms with Gasteiger partial charge in [-0.1, -0.05) is 0 Å². The third kappa shape index (κ3) is 4.62. The Kier molecular flexibility index (Phi) is 5.76. The molecule has 1 saturated carbocycles. The van der Waals surface area contributed by atoms with Gasteiger partial charge in [-0.15, -0.1) is 0 Å². The number of nitrogens with zero attached hydrogens (tertiary/aromatic N) is 3. The van der Waals surface area contributed by atoms with Gasteiger partial charge in [0, 0.05) is 11.8 Å². The summed E-state index contributed by atoms with van der Waals surface area (Å²) in [6.07, 6.45) is -7.45. The molecule has 0 aromatic carbocycles. The zero-order valence-electron chi connectivity index (χ0n) is 17.2. The van der Waals surface area contributed by atoms with E-state index in [9.17, 15) is 31.1 Å². The predicted octanol–water partition coefficient (Wildman–Crippen LogP) is 3.45. The molecule has 2 unspecified atom stereocenters. The number of fused-ring (bicyclic) bond motifs is 1. The van der Waals surface area contributed by atoms with Crippen LogP contribution in [-0.4, -0.2) is 39.7 Å². The molecule has 4 rings (SSSR count). The molecule has 2 aromatic rings. The van der Waals surface area contributed by atoms with E-state index in [4.69, 9.17) is 4.74 Å². The summed E-state index contributed by atoms with van der Waals surface area (Å²) in [5.41, 5.74) is -4.00. The molecule has 1 aliphatic heterocycles. The lowest BCUT2D eigenvalue weighted by Gasteiger charge is -2.34. The van der Waals surface area contributed by atoms with E-state index in [1.54, 1.807) is 0 Å². The summed E-state index contributed by atoms with van der Waals surface area (Å²) in [6.45, 7) is 0.163. The van der Waals surface area contributed by atoms with Gasteiger partial charge in [0.05, 0.1) is 13.3 Å². The number of nitrogens with one attached hydrogen (secondary N) is 3. The Morgan fingerprint density at radius 1 is 1.18 bits per heavy atom. The van der Waals surface area contributed by atoms with Crippen molar-refractivity contribution in [3.05, 3.63) is 40.6 Å². The highest BCUT2D eigenvalue weighted by Gasteiger charge is 2.54. The first-order valence-corrected chi connectivity index (χ1v) is 9.97. The fourth-order valence-electron chi connectivity index (χ4n) is 3.63. The zero-order valence-corrected chi connectivity index (χ0v) is 17.2. The van der Waals surface area contributed by atoms with Crippen molar-refractivity contribution < 1.29 is 31.1 Å². The highest BCUT2D eigenvalue weighted by molar-refractivity contribution is 5.58. The van der Waals surface area contributed by atoms with Gasteiger partial charge in [0.1, 0.15) is 29.7 Å². The SMILES string of the molecule is CC1(C(F)(F)F)NCOCc2ccc(Nc3cc(NC(C4CC4)C(F)(F)F)ncn3)c(=O)n21. The lowest BCUT2D eigenvalue weighted by Crippen LogP contribution is -2.59. The van der Waals surface area contributed by atoms with Crippen LogP contribution >= 0.6 is 0 Å². The van der Waals surface area contributed by atoms with Gasteiger partial charge in [-0.3, -0.25) is 14.7 Å². The maximum atomic E-state index is 13.8. The second-order valence-electron chi connectivity index (χ2n) is 8.03. The second kappa shape index (κ2) is 8.17. The van der Waals surface area contributed by atoms with Gasteiger partial charge >= 0.3 is 12.4 Å². The molecule has 0 amide bonds. The van der Waals surface area contributed by atoms with Crippen LogP contribution in [0.4, 0.5) is 43.7 Å². The third-order valence-corrected chi connectivity index (χ3v) is 5.61. The van der Waals surface area contributed by atoms with Crippen molar-refractivity contribution in [1.82, 2.24) is 19.9 Å². The molecule has 2 aromatic heterocycles. The Morgan fingerprint density at radius 3 is 2.52 bits per heavy atom. The summed E-state index contributed by atoms with van der Waals surface area (Å²) in [5, 5.41) is 7.12. The number of pyridine rings is 1. The van der Waals surface area contributed by atoms with Crippen molar-refractivity contribution in [1.29, 1.82) is 0 Å². The van der Waals surface area contributed by atoms with Crippen LogP contribution in [0, 0.1) is 5.92 Å². The molecule has 0 spiro atoms. The molecule has 2 aliphatic rings. The monoisotopic (exact) mass is 478 g/mol. The minimum atomic E-state index is -4.83. The average Bonchev–Trinajstić information content (AvgIpc) is 3.55. The normalized spacial score (nSPS) is 22.3. The molecule has 0 bridgehead atoms. The van der Waals surface area contributed by atoms with Crippen molar-refractivity contribution in [3.8, 4) is 0 Å². The average molecular weight is 478 g/mol. The molecule has 2 atom stereocenters. The summed E-state index contributed by atoms with van der Waals surface area (Å²) < 4.78 is 87.1. The van der Waals surface area contributed by atoms with Crippen molar-refractivity contribution in [2.75, 3.05) is 17.4 Å². The van der Waals surface area contributed by atoms with Crippen LogP contribution in [0.1, 0.15) is 25.5 Å². The molecule has 0 radical (unpaired) electrons. The number of hydrogen-bond donors (Lipinski definition) is 3. The summed E-state index contributed by atoms with van der Waals surface area (Å²) in [6, 6.07) is 1.93. The van der Waals surface area contributed by atoms with E-state index in [2.05, 4.69) is 25.9 Å². The predicted molar refractivity (Wildman–Crippen MR) is 105 cm³/mol. The Labute approximate surface area is 183 Å². The number of hydrogen-bond acceptors (Lipinski definition) is 7. The first-order valence-electron chi connectivity index (χ1n) is 9.97. The van der Waals surface area contributed by atoms with Crippen molar-refractivity contribution >= 4 is 17.3 Å². The zero-order chi connectivity index (χ0) is 24.0. The van der Waals surface area contributed by atoms with Gasteiger partial charge in [0.25, 0.3) is 5.56 Å². The minimum Gasteiger partial charge on any atom is -0.360 e. The molecule has 3 heterocycles. The van der Waals surface area contributed by atoms with Crippen LogP contribution in [0.15, 0.2) is 29.3 Å². The quantitative estimate of drug-likeness (QED) is 0.567. The molecule has 8 nitrogen and oxygen atoms in total. The number of anilines is 3. The molecule has 1 fully saturated rings. The molecular formula is C19H20F6N6O2. The summed E-state index contributed by atoms with van der Waals surface area (Å²) in [4.78, 5) is 20.7. The van der Waals surface area contributed by atoms with Gasteiger partial charge in [0.2, 0.25) is 0 Å². The molecule has 14 heteroatoms. The fraction of sp³-hybridized carbons (Fsp3) is 0.526. The van der Waals surface area contributed by atoms with Crippen LogP contribution in [-0.2, 0) is 17.0 Å². The van der Waals surface area contributed by atoms with E-state index < -0.39 is 42.3 Å². The Hall–Kier alpha value is -2.87. The number of alkyl halides is 6. The minimum absolute atomic E-state index is 0.00197. The number of aromatic nitrogens is 3. The topological polar surface area (TPSA) is 93.1 Å². The van der Waals surface area contributed by atoms with Crippen molar-refractivity contribution in [2.45, 2.75) is 50.4 Å². The maximum absolute atomic E-state index is 13.8. The van der Waals surface area contributed by atoms with Gasteiger partial charge in [-0.2, -0.15) is 26.3 Å². The van der Waals surface area contributed by atoms with E-state index in [1.165, 1.54) is 12.1 Å². The molecule has 33 heavy (non-hydrogen) atoms. The van der Waals surface area contributed by atoms with E-state index in [0.29, 0.717) is 17.4 Å². The van der Waals surface area contributed by atoms with Crippen LogP contribution < -0.4 is 21.5 Å². The highest BCUT2D eigenvalue weighted by Crippen LogP contribution is 2.41. The van der Waals surface area contributed by atoms with Crippen LogP contribution in [0.5, 0.6) is 0 Å². The molecule has 3 N–H and O–H groups in total. The number of rotatable bonds is 5. The van der Waals surface area contributed by atoms with Crippen molar-refractivity contribution in [2.24, 2.45) is 5.92 Å². The van der Waals surface area contributed by atoms with Crippen LogP contribution in [0.2, 0.25) is 0 Å². The Balaban J connectivity index is 1.65. The third-order valence-electron chi connectivity index (χ3n) is 5.61. The lowest BCUT2D eigenvalue weighted by atomic mass is 10.1. The standard InChI is InChI=1S/C19H20F6N6O2/c1-17(19(23,24)25)28-9-33-7-11-4-5-12(16(32)31(11)17)29-13-6-14(27-8-26-13)30-15(10-2-3-10)18(20,21)22/h4-6,8,10,15,28H,2-3,7,9H2,1H3,(H2,26,27,29,30). The van der Waals surface area contributed by atoms with Gasteiger partial charge < -0.3 is 15.4 Å². The summed E-state index contributed by atoms with van der Waals surface area (Å²) in [5.74, 6) is -0.749. The number of halogens is 6. The van der Waals surface area contributed by atoms with Crippen LogP contribution in [0.25, 0.3) is 0 Å². The number of ether oxygens (including phenoxy) is 1. The van der Waals surface area contributed by atoms with E-state index in [-0.39, 0.29) is 29.6 Å². The van der Waals surface area contributed by atoms with Gasteiger partial charge in [-0.05, 0) is 37.8 Å². The smallest absolute Gasteiger partial charge is 0.360 e. The van der Waals surface area contributed by atoms with Crippen LogP contribution in [0.3, 0.4) is 0 Å². The summed E-state index contributed by atoms with van der Waals surface area (Å²) >= 11 is 0. The first kappa shape index (κ1) is 23.3. The van der Waals surface area contributed by atoms with E-state index in [1.807, 2.05) is 0 Å². The molecule has 1 aliphatic carbocycles. The Morgan fingerprint density at radius 2 is 1.88 bits per heavy atom. The largest absolute Gasteiger partial charge is 0.425 e. The van der Waals surface area contributed by atoms with E-state index >= 15 is 0 Å². The maximum Gasteiger partial charge on any atom is 0.425 e. The first-order chi connectivity index (χ1) is 15.4. The fourth-order valence-corrected chi connectivity index (χ4v) is 3.63. The molecule has 0 saturated heterocycles.